The molecule has 1 aromatic heterocycles. The smallest absolute Gasteiger partial charge is 0.248 e. The summed E-state index contributed by atoms with van der Waals surface area (Å²) in [4.78, 5) is 104. The van der Waals surface area contributed by atoms with Crippen molar-refractivity contribution in [3.63, 3.8) is 0 Å². The third-order valence-electron chi connectivity index (χ3n) is 10.3. The van der Waals surface area contributed by atoms with Gasteiger partial charge in [0.1, 0.15) is 42.4 Å². The molecule has 360 valence electrons. The highest BCUT2D eigenvalue weighted by Gasteiger charge is 2.38. The third kappa shape index (κ3) is 16.6. The summed E-state index contributed by atoms with van der Waals surface area (Å²) in [6.07, 6.45) is 0.937. The van der Waals surface area contributed by atoms with Gasteiger partial charge in [-0.1, -0.05) is 67.0 Å². The van der Waals surface area contributed by atoms with Gasteiger partial charge in [0.15, 0.2) is 0 Å². The van der Waals surface area contributed by atoms with Gasteiger partial charge in [0.05, 0.1) is 17.8 Å². The van der Waals surface area contributed by atoms with E-state index in [1.54, 1.807) is 16.8 Å². The van der Waals surface area contributed by atoms with E-state index in [0.29, 0.717) is 17.7 Å². The number of carbonyl (C=O) groups excluding carboxylic acids is 8. The van der Waals surface area contributed by atoms with E-state index in [1.165, 1.54) is 25.7 Å². The number of nitrogens with zero attached hydrogens (tertiary/aromatic N) is 2. The number of alkyl halides is 1. The van der Waals surface area contributed by atoms with Crippen LogP contribution in [0.25, 0.3) is 11.1 Å². The molecule has 0 bridgehead atoms. The van der Waals surface area contributed by atoms with Gasteiger partial charge in [-0.25, -0.2) is 8.78 Å². The van der Waals surface area contributed by atoms with Crippen LogP contribution in [-0.2, 0) is 44.9 Å². The Hall–Kier alpha value is -6.22. The monoisotopic (exact) mass is 987 g/mol. The Balaban J connectivity index is 1.99. The molecule has 3 rings (SSSR count). The lowest BCUT2D eigenvalue weighted by Gasteiger charge is -2.41. The molecule has 9 N–H and O–H groups in total. The van der Waals surface area contributed by atoms with E-state index in [2.05, 4.69) is 47.8 Å². The normalized spacial score (nSPS) is 13.5. The summed E-state index contributed by atoms with van der Waals surface area (Å²) in [6.45, 7) is 8.73. The maximum atomic E-state index is 15.3. The molecule has 0 saturated carbocycles. The van der Waals surface area contributed by atoms with Crippen LogP contribution in [0, 0.1) is 17.0 Å². The number of hydrogen-bond donors (Lipinski definition) is 8. The number of nitrogens with one attached hydrogen (secondary N) is 6. The summed E-state index contributed by atoms with van der Waals surface area (Å²) in [5, 5.41) is 25.4. The van der Waals surface area contributed by atoms with Gasteiger partial charge >= 0.3 is 0 Å². The SMILES string of the molecule is CC(=O)N[C@@H](C)C(=O)N[C@@H](C)C(=O)N[C@@H](CC(=O)N[C@@H](CCN(C(=O)CO)[C@@H](c1cc(-c2cc(F)ccc2F)cn1Cc1ccccc1)C(C)(C)C)C(=O)NCCCNC(=O)CBr)C(N)=O. The average molecular weight is 989 g/mol. The Bertz CT molecular complexity index is 2200. The Morgan fingerprint density at radius 2 is 1.45 bits per heavy atom. The van der Waals surface area contributed by atoms with Crippen molar-refractivity contribution in [3.8, 4) is 11.1 Å². The lowest BCUT2D eigenvalue weighted by molar-refractivity contribution is -0.140. The van der Waals surface area contributed by atoms with Crippen LogP contribution in [-0.4, -0.2) is 118 Å². The summed E-state index contributed by atoms with van der Waals surface area (Å²) in [5.41, 5.74) is 6.36. The van der Waals surface area contributed by atoms with E-state index in [0.717, 1.165) is 23.8 Å². The summed E-state index contributed by atoms with van der Waals surface area (Å²) in [6, 6.07) is 7.87. The van der Waals surface area contributed by atoms with Gasteiger partial charge < -0.3 is 52.2 Å². The van der Waals surface area contributed by atoms with Gasteiger partial charge in [0, 0.05) is 56.1 Å². The van der Waals surface area contributed by atoms with Crippen molar-refractivity contribution >= 4 is 63.2 Å². The van der Waals surface area contributed by atoms with Gasteiger partial charge in [-0.3, -0.25) is 38.4 Å². The zero-order chi connectivity index (χ0) is 49.3. The van der Waals surface area contributed by atoms with E-state index < -0.39 is 102 Å². The molecule has 8 amide bonds. The molecule has 0 unspecified atom stereocenters. The topological polar surface area (TPSA) is 263 Å². The molecule has 0 aliphatic heterocycles. The lowest BCUT2D eigenvalue weighted by Crippen LogP contribution is -2.56. The molecule has 66 heavy (non-hydrogen) atoms. The third-order valence-corrected chi connectivity index (χ3v) is 10.8. The van der Waals surface area contributed by atoms with Crippen molar-refractivity contribution in [2.75, 3.05) is 31.6 Å². The van der Waals surface area contributed by atoms with Gasteiger partial charge in [-0.2, -0.15) is 0 Å². The number of rotatable bonds is 24. The molecule has 5 atom stereocenters. The van der Waals surface area contributed by atoms with Crippen LogP contribution in [0.4, 0.5) is 8.78 Å². The van der Waals surface area contributed by atoms with Crippen molar-refractivity contribution in [3.05, 3.63) is 83.7 Å². The van der Waals surface area contributed by atoms with Crippen LogP contribution in [0.15, 0.2) is 60.8 Å². The zero-order valence-electron chi connectivity index (χ0n) is 37.8. The fourth-order valence-corrected chi connectivity index (χ4v) is 7.27. The molecular formula is C45H60BrF2N9O9. The van der Waals surface area contributed by atoms with E-state index in [4.69, 9.17) is 5.73 Å². The number of amides is 8. The molecule has 3 aromatic rings. The Kier molecular flexibility index (Phi) is 20.9. The first-order valence-corrected chi connectivity index (χ1v) is 22.3. The number of primary amides is 1. The highest BCUT2D eigenvalue weighted by molar-refractivity contribution is 9.09. The van der Waals surface area contributed by atoms with Gasteiger partial charge in [-0.15, -0.1) is 0 Å². The van der Waals surface area contributed by atoms with E-state index >= 15 is 4.39 Å². The summed E-state index contributed by atoms with van der Waals surface area (Å²) < 4.78 is 31.6. The second-order valence-corrected chi connectivity index (χ2v) is 17.3. The van der Waals surface area contributed by atoms with Gasteiger partial charge in [0.25, 0.3) is 0 Å². The minimum atomic E-state index is -1.61. The number of halogens is 3. The van der Waals surface area contributed by atoms with Crippen molar-refractivity contribution in [2.45, 2.75) is 97.6 Å². The van der Waals surface area contributed by atoms with Crippen molar-refractivity contribution < 1.29 is 52.2 Å². The van der Waals surface area contributed by atoms with E-state index in [-0.39, 0.29) is 49.4 Å². The number of aliphatic hydroxyl groups is 1. The quantitative estimate of drug-likeness (QED) is 0.0479. The van der Waals surface area contributed by atoms with Crippen LogP contribution < -0.4 is 37.6 Å². The molecule has 0 radical (unpaired) electrons. The Morgan fingerprint density at radius 1 is 0.818 bits per heavy atom. The fraction of sp³-hybridized carbons (Fsp3) is 0.467. The molecule has 0 spiro atoms. The van der Waals surface area contributed by atoms with Crippen LogP contribution in [0.1, 0.15) is 78.1 Å². The molecule has 2 aromatic carbocycles. The predicted molar refractivity (Wildman–Crippen MR) is 244 cm³/mol. The van der Waals surface area contributed by atoms with Gasteiger partial charge in [0.2, 0.25) is 47.3 Å². The molecule has 0 fully saturated rings. The number of aromatic nitrogens is 1. The maximum Gasteiger partial charge on any atom is 0.248 e. The summed E-state index contributed by atoms with van der Waals surface area (Å²) in [7, 11) is 0. The fourth-order valence-electron chi connectivity index (χ4n) is 7.07. The minimum absolute atomic E-state index is 0.0248. The molecule has 0 aliphatic carbocycles. The second kappa shape index (κ2) is 25.5. The average Bonchev–Trinajstić information content (AvgIpc) is 3.65. The largest absolute Gasteiger partial charge is 0.387 e. The van der Waals surface area contributed by atoms with E-state index in [9.17, 15) is 47.9 Å². The molecular weight excluding hydrogens is 928 g/mol. The Morgan fingerprint density at radius 3 is 2.06 bits per heavy atom. The minimum Gasteiger partial charge on any atom is -0.387 e. The first kappa shape index (κ1) is 54.1. The van der Waals surface area contributed by atoms with Crippen molar-refractivity contribution in [1.82, 2.24) is 41.4 Å². The zero-order valence-corrected chi connectivity index (χ0v) is 39.4. The van der Waals surface area contributed by atoms with Crippen molar-refractivity contribution in [1.29, 1.82) is 0 Å². The number of nitrogens with two attached hydrogens (primary N) is 1. The number of benzene rings is 2. The highest BCUT2D eigenvalue weighted by atomic mass is 79.9. The number of aliphatic hydroxyl groups excluding tert-OH is 1. The van der Waals surface area contributed by atoms with Crippen LogP contribution in [0.3, 0.4) is 0 Å². The van der Waals surface area contributed by atoms with Crippen LogP contribution >= 0.6 is 15.9 Å². The predicted octanol–water partition coefficient (Wildman–Crippen LogP) is 1.67. The first-order valence-electron chi connectivity index (χ1n) is 21.2. The molecule has 18 nitrogen and oxygen atoms in total. The molecule has 21 heteroatoms. The maximum absolute atomic E-state index is 15.3. The second-order valence-electron chi connectivity index (χ2n) is 16.8. The number of hydrogen-bond acceptors (Lipinski definition) is 9. The molecule has 1 heterocycles. The lowest BCUT2D eigenvalue weighted by atomic mass is 9.82. The standard InChI is InChI=1S/C45H60BrF2N9O9/c1-26(52-28(3)59)42(64)53-27(2)43(65)55-35(41(49)63)21-37(60)54-34(44(66)51-17-10-16-50-38(61)22-46)15-18-57(39(62)25-58)40(45(4,5)6)36-19-30(32-20-31(47)13-14-33(32)48)24-56(36)23-29-11-8-7-9-12-29/h7-9,11-14,19-20,24,26-27,34-35,40,58H,10,15-18,21-23,25H2,1-6H3,(H2,49,63)(H,50,61)(H,51,66)(H,52,59)(H,53,64)(H,54,60)(H,55,65)/t26-,27-,34-,35-,40-/m0/s1. The number of carbonyl (C=O) groups is 8. The first-order chi connectivity index (χ1) is 31.1. The summed E-state index contributed by atoms with van der Waals surface area (Å²) >= 11 is 3.06. The highest BCUT2D eigenvalue weighted by Crippen LogP contribution is 2.41. The van der Waals surface area contributed by atoms with E-state index in [1.807, 2.05) is 51.1 Å². The van der Waals surface area contributed by atoms with Crippen molar-refractivity contribution in [2.24, 2.45) is 11.1 Å². The van der Waals surface area contributed by atoms with Crippen LogP contribution in [0.5, 0.6) is 0 Å². The molecule has 0 aliphatic rings. The van der Waals surface area contributed by atoms with Gasteiger partial charge in [-0.05, 0) is 61.9 Å². The Labute approximate surface area is 390 Å². The summed E-state index contributed by atoms with van der Waals surface area (Å²) in [5.74, 6) is -7.17. The molecule has 0 saturated heterocycles. The van der Waals surface area contributed by atoms with Crippen LogP contribution in [0.2, 0.25) is 0 Å².